The molecule has 0 amide bonds. The Bertz CT molecular complexity index is 928. The highest BCUT2D eigenvalue weighted by Gasteiger charge is 2.20. The fourth-order valence-corrected chi connectivity index (χ4v) is 2.46. The lowest BCUT2D eigenvalue weighted by molar-refractivity contribution is -0.386. The predicted octanol–water partition coefficient (Wildman–Crippen LogP) is 3.94. The Labute approximate surface area is 161 Å². The normalized spacial score (nSPS) is 10.6. The summed E-state index contributed by atoms with van der Waals surface area (Å²) in [5, 5.41) is 11.1. The molecule has 0 saturated heterocycles. The van der Waals surface area contributed by atoms with Gasteiger partial charge in [-0.1, -0.05) is 28.1 Å². The molecule has 0 atom stereocenters. The van der Waals surface area contributed by atoms with Gasteiger partial charge in [-0.3, -0.25) is 14.9 Å². The van der Waals surface area contributed by atoms with E-state index in [2.05, 4.69) is 20.7 Å². The standard InChI is InChI=1S/C18H13BrFNO6/c1-26-18(23)6-5-11-8-17(15(21(24)25)9-14(11)20)27-10-16(22)12-3-2-4-13(19)7-12/h2-9H,10H2,1H3/b6-5+. The number of carbonyl (C=O) groups is 2. The van der Waals surface area contributed by atoms with E-state index in [1.54, 1.807) is 24.3 Å². The van der Waals surface area contributed by atoms with E-state index < -0.39 is 34.8 Å². The predicted molar refractivity (Wildman–Crippen MR) is 98.1 cm³/mol. The molecule has 0 spiro atoms. The molecule has 0 aliphatic heterocycles. The van der Waals surface area contributed by atoms with Crippen LogP contribution in [0.15, 0.2) is 46.9 Å². The first-order valence-corrected chi connectivity index (χ1v) is 8.26. The molecule has 2 rings (SSSR count). The number of nitro benzene ring substituents is 1. The van der Waals surface area contributed by atoms with E-state index in [-0.39, 0.29) is 11.3 Å². The minimum atomic E-state index is -0.924. The molecular weight excluding hydrogens is 425 g/mol. The Balaban J connectivity index is 2.27. The number of hydrogen-bond donors (Lipinski definition) is 0. The van der Waals surface area contributed by atoms with E-state index in [9.17, 15) is 24.1 Å². The van der Waals surface area contributed by atoms with Gasteiger partial charge >= 0.3 is 11.7 Å². The molecule has 0 saturated carbocycles. The minimum absolute atomic E-state index is 0.129. The number of rotatable bonds is 7. The summed E-state index contributed by atoms with van der Waals surface area (Å²) >= 11 is 3.24. The van der Waals surface area contributed by atoms with Crippen LogP contribution in [0.25, 0.3) is 6.08 Å². The highest BCUT2D eigenvalue weighted by Crippen LogP contribution is 2.31. The summed E-state index contributed by atoms with van der Waals surface area (Å²) in [5.41, 5.74) is -0.416. The first-order chi connectivity index (χ1) is 12.8. The van der Waals surface area contributed by atoms with Gasteiger partial charge in [-0.25, -0.2) is 9.18 Å². The zero-order valence-corrected chi connectivity index (χ0v) is 15.6. The van der Waals surface area contributed by atoms with Crippen molar-refractivity contribution < 1.29 is 28.4 Å². The monoisotopic (exact) mass is 437 g/mol. The number of ether oxygens (including phenoxy) is 2. The van der Waals surface area contributed by atoms with Crippen molar-refractivity contribution in [3.8, 4) is 5.75 Å². The maximum absolute atomic E-state index is 14.0. The molecular formula is C18H13BrFNO6. The van der Waals surface area contributed by atoms with Crippen molar-refractivity contribution in [2.75, 3.05) is 13.7 Å². The fraction of sp³-hybridized carbons (Fsp3) is 0.111. The number of Topliss-reactive ketones (excluding diaryl/α,β-unsaturated/α-hetero) is 1. The number of nitrogens with zero attached hydrogens (tertiary/aromatic N) is 1. The van der Waals surface area contributed by atoms with Gasteiger partial charge in [0.15, 0.2) is 18.1 Å². The highest BCUT2D eigenvalue weighted by atomic mass is 79.9. The van der Waals surface area contributed by atoms with Crippen LogP contribution in [-0.4, -0.2) is 30.4 Å². The zero-order valence-electron chi connectivity index (χ0n) is 14.0. The Morgan fingerprint density at radius 2 is 2.04 bits per heavy atom. The molecule has 2 aromatic rings. The molecule has 7 nitrogen and oxygen atoms in total. The average Bonchev–Trinajstić information content (AvgIpc) is 2.64. The van der Waals surface area contributed by atoms with Gasteiger partial charge in [0.25, 0.3) is 0 Å². The highest BCUT2D eigenvalue weighted by molar-refractivity contribution is 9.10. The van der Waals surface area contributed by atoms with Gasteiger partial charge in [0.1, 0.15) is 5.82 Å². The van der Waals surface area contributed by atoms with Crippen LogP contribution >= 0.6 is 15.9 Å². The molecule has 9 heteroatoms. The molecule has 27 heavy (non-hydrogen) atoms. The third kappa shape index (κ3) is 5.45. The van der Waals surface area contributed by atoms with E-state index in [1.165, 1.54) is 0 Å². The number of carbonyl (C=O) groups excluding carboxylic acids is 2. The van der Waals surface area contributed by atoms with Crippen molar-refractivity contribution in [2.45, 2.75) is 0 Å². The second-order valence-corrected chi connectivity index (χ2v) is 6.09. The maximum Gasteiger partial charge on any atom is 0.330 e. The molecule has 0 aromatic heterocycles. The van der Waals surface area contributed by atoms with Gasteiger partial charge in [-0.2, -0.15) is 0 Å². The van der Waals surface area contributed by atoms with E-state index in [1.807, 2.05) is 0 Å². The molecule has 0 bridgehead atoms. The molecule has 0 heterocycles. The molecule has 0 aliphatic rings. The summed E-state index contributed by atoms with van der Waals surface area (Å²) < 4.78 is 24.4. The summed E-state index contributed by atoms with van der Waals surface area (Å²) in [6.07, 6.45) is 2.05. The van der Waals surface area contributed by atoms with Gasteiger partial charge < -0.3 is 9.47 Å². The second kappa shape index (κ2) is 9.04. The second-order valence-electron chi connectivity index (χ2n) is 5.18. The summed E-state index contributed by atoms with van der Waals surface area (Å²) in [7, 11) is 1.15. The third-order valence-electron chi connectivity index (χ3n) is 3.38. The summed E-state index contributed by atoms with van der Waals surface area (Å²) in [4.78, 5) is 33.6. The van der Waals surface area contributed by atoms with Crippen LogP contribution in [0.2, 0.25) is 0 Å². The van der Waals surface area contributed by atoms with Crippen molar-refractivity contribution in [3.63, 3.8) is 0 Å². The number of benzene rings is 2. The molecule has 0 fully saturated rings. The van der Waals surface area contributed by atoms with Crippen LogP contribution in [-0.2, 0) is 9.53 Å². The lowest BCUT2D eigenvalue weighted by Gasteiger charge is -2.08. The number of ketones is 1. The third-order valence-corrected chi connectivity index (χ3v) is 3.87. The van der Waals surface area contributed by atoms with E-state index in [4.69, 9.17) is 4.74 Å². The van der Waals surface area contributed by atoms with Gasteiger partial charge in [-0.15, -0.1) is 0 Å². The number of hydrogen-bond acceptors (Lipinski definition) is 6. The summed E-state index contributed by atoms with van der Waals surface area (Å²) in [6, 6.07) is 8.25. The SMILES string of the molecule is COC(=O)/C=C/c1cc(OCC(=O)c2cccc(Br)c2)c([N+](=O)[O-])cc1F. The largest absolute Gasteiger partial charge is 0.478 e. The first kappa shape index (κ1) is 20.2. The Hall–Kier alpha value is -3.07. The smallest absolute Gasteiger partial charge is 0.330 e. The molecule has 0 aliphatic carbocycles. The average molecular weight is 438 g/mol. The Morgan fingerprint density at radius 3 is 2.67 bits per heavy atom. The fourth-order valence-electron chi connectivity index (χ4n) is 2.06. The number of halogens is 2. The van der Waals surface area contributed by atoms with Crippen LogP contribution in [0.5, 0.6) is 5.75 Å². The Kier molecular flexibility index (Phi) is 6.78. The van der Waals surface area contributed by atoms with Crippen LogP contribution in [0.4, 0.5) is 10.1 Å². The van der Waals surface area contributed by atoms with Gasteiger partial charge in [0.2, 0.25) is 0 Å². The van der Waals surface area contributed by atoms with Gasteiger partial charge in [-0.05, 0) is 24.3 Å². The zero-order chi connectivity index (χ0) is 20.0. The molecule has 0 N–H and O–H groups in total. The molecule has 0 radical (unpaired) electrons. The molecule has 2 aromatic carbocycles. The van der Waals surface area contributed by atoms with Crippen LogP contribution < -0.4 is 4.74 Å². The van der Waals surface area contributed by atoms with Gasteiger partial charge in [0.05, 0.1) is 18.1 Å². The van der Waals surface area contributed by atoms with Crippen LogP contribution in [0.1, 0.15) is 15.9 Å². The quantitative estimate of drug-likeness (QED) is 0.214. The van der Waals surface area contributed by atoms with Crippen molar-refractivity contribution in [2.24, 2.45) is 0 Å². The number of esters is 1. The van der Waals surface area contributed by atoms with E-state index in [0.29, 0.717) is 16.1 Å². The lowest BCUT2D eigenvalue weighted by Crippen LogP contribution is -2.12. The van der Waals surface area contributed by atoms with E-state index in [0.717, 1.165) is 25.3 Å². The number of nitro groups is 1. The van der Waals surface area contributed by atoms with Crippen molar-refractivity contribution in [1.82, 2.24) is 0 Å². The van der Waals surface area contributed by atoms with Crippen molar-refractivity contribution >= 4 is 39.4 Å². The van der Waals surface area contributed by atoms with Crippen LogP contribution in [0.3, 0.4) is 0 Å². The summed E-state index contributed by atoms with van der Waals surface area (Å²) in [6.45, 7) is -0.483. The maximum atomic E-state index is 14.0. The topological polar surface area (TPSA) is 95.7 Å². The Morgan fingerprint density at radius 1 is 1.30 bits per heavy atom. The summed E-state index contributed by atoms with van der Waals surface area (Å²) in [5.74, 6) is -2.36. The first-order valence-electron chi connectivity index (χ1n) is 7.47. The van der Waals surface area contributed by atoms with Crippen LogP contribution in [0, 0.1) is 15.9 Å². The van der Waals surface area contributed by atoms with Gasteiger partial charge in [0, 0.05) is 21.7 Å². The lowest BCUT2D eigenvalue weighted by atomic mass is 10.1. The van der Waals surface area contributed by atoms with Crippen molar-refractivity contribution in [3.05, 3.63) is 74.0 Å². The van der Waals surface area contributed by atoms with Crippen molar-refractivity contribution in [1.29, 1.82) is 0 Å². The molecule has 0 unspecified atom stereocenters. The molecule has 140 valence electrons. The van der Waals surface area contributed by atoms with E-state index >= 15 is 0 Å². The number of methoxy groups -OCH3 is 1. The minimum Gasteiger partial charge on any atom is -0.478 e.